The van der Waals surface area contributed by atoms with E-state index in [-0.39, 0.29) is 6.10 Å². The van der Waals surface area contributed by atoms with E-state index in [2.05, 4.69) is 31.2 Å². The summed E-state index contributed by atoms with van der Waals surface area (Å²) < 4.78 is 7.45. The third-order valence-corrected chi connectivity index (χ3v) is 3.31. The van der Waals surface area contributed by atoms with Crippen LogP contribution in [0, 0.1) is 0 Å². The fourth-order valence-electron chi connectivity index (χ4n) is 1.92. The van der Waals surface area contributed by atoms with Crippen LogP contribution in [0.1, 0.15) is 39.1 Å². The zero-order valence-corrected chi connectivity index (χ0v) is 12.5. The van der Waals surface area contributed by atoms with Crippen molar-refractivity contribution in [2.24, 2.45) is 0 Å². The average molecular weight is 274 g/mol. The number of nitrogens with one attached hydrogen (secondary N) is 1. The average Bonchev–Trinajstić information content (AvgIpc) is 2.66. The largest absolute Gasteiger partial charge is 0.377 e. The molecule has 1 heterocycles. The molecule has 18 heavy (non-hydrogen) atoms. The molecule has 1 N–H and O–H groups in total. The Morgan fingerprint density at radius 3 is 2.67 bits per heavy atom. The number of halogens is 1. The van der Waals surface area contributed by atoms with Gasteiger partial charge in [-0.05, 0) is 27.2 Å². The predicted molar refractivity (Wildman–Crippen MR) is 75.1 cm³/mol. The van der Waals surface area contributed by atoms with Crippen molar-refractivity contribution in [1.82, 2.24) is 15.1 Å². The van der Waals surface area contributed by atoms with Crippen LogP contribution in [0.2, 0.25) is 5.02 Å². The Morgan fingerprint density at radius 2 is 2.11 bits per heavy atom. The number of hydrogen-bond acceptors (Lipinski definition) is 3. The standard InChI is InChI=1S/C13H24ClN3O/c1-5-11-13(14)12(17(6-2)16-11)9-15-8-10(4)18-7-3/h10,15H,5-9H2,1-4H3. The van der Waals surface area contributed by atoms with Gasteiger partial charge in [0, 0.05) is 26.2 Å². The van der Waals surface area contributed by atoms with E-state index in [1.165, 1.54) is 0 Å². The van der Waals surface area contributed by atoms with Gasteiger partial charge in [-0.15, -0.1) is 0 Å². The van der Waals surface area contributed by atoms with Crippen molar-refractivity contribution in [3.63, 3.8) is 0 Å². The number of ether oxygens (including phenoxy) is 1. The number of aryl methyl sites for hydroxylation is 2. The van der Waals surface area contributed by atoms with Gasteiger partial charge in [0.1, 0.15) is 0 Å². The summed E-state index contributed by atoms with van der Waals surface area (Å²) >= 11 is 6.33. The third kappa shape index (κ3) is 3.97. The van der Waals surface area contributed by atoms with E-state index in [1.807, 2.05) is 11.6 Å². The number of rotatable bonds is 8. The SMILES string of the molecule is CCOC(C)CNCc1c(Cl)c(CC)nn1CC. The molecule has 104 valence electrons. The Morgan fingerprint density at radius 1 is 1.39 bits per heavy atom. The zero-order valence-electron chi connectivity index (χ0n) is 11.8. The molecule has 0 aliphatic carbocycles. The predicted octanol–water partition coefficient (Wildman–Crippen LogP) is 2.63. The minimum Gasteiger partial charge on any atom is -0.377 e. The zero-order chi connectivity index (χ0) is 13.5. The Labute approximate surface area is 115 Å². The van der Waals surface area contributed by atoms with Crippen molar-refractivity contribution in [3.8, 4) is 0 Å². The fraction of sp³-hybridized carbons (Fsp3) is 0.769. The molecule has 0 fully saturated rings. The highest BCUT2D eigenvalue weighted by Crippen LogP contribution is 2.21. The topological polar surface area (TPSA) is 39.1 Å². The minimum absolute atomic E-state index is 0.220. The molecule has 5 heteroatoms. The van der Waals surface area contributed by atoms with Crippen LogP contribution in [0.4, 0.5) is 0 Å². The Bertz CT molecular complexity index is 365. The first-order valence-electron chi connectivity index (χ1n) is 6.70. The molecule has 0 bridgehead atoms. The van der Waals surface area contributed by atoms with Crippen LogP contribution in [0.3, 0.4) is 0 Å². The summed E-state index contributed by atoms with van der Waals surface area (Å²) in [6.07, 6.45) is 1.09. The van der Waals surface area contributed by atoms with Gasteiger partial charge in [0.15, 0.2) is 0 Å². The highest BCUT2D eigenvalue weighted by Gasteiger charge is 2.13. The van der Waals surface area contributed by atoms with Crippen LogP contribution in [0.15, 0.2) is 0 Å². The van der Waals surface area contributed by atoms with Crippen LogP contribution in [0.25, 0.3) is 0 Å². The van der Waals surface area contributed by atoms with Gasteiger partial charge in [0.05, 0.1) is 22.5 Å². The third-order valence-electron chi connectivity index (χ3n) is 2.87. The highest BCUT2D eigenvalue weighted by molar-refractivity contribution is 6.31. The van der Waals surface area contributed by atoms with Gasteiger partial charge < -0.3 is 10.1 Å². The molecule has 0 aliphatic rings. The van der Waals surface area contributed by atoms with Crippen molar-refractivity contribution in [2.75, 3.05) is 13.2 Å². The molecule has 1 unspecified atom stereocenters. The van der Waals surface area contributed by atoms with E-state index in [9.17, 15) is 0 Å². The maximum atomic E-state index is 6.33. The van der Waals surface area contributed by atoms with E-state index in [4.69, 9.17) is 16.3 Å². The Hall–Kier alpha value is -0.580. The first kappa shape index (κ1) is 15.5. The van der Waals surface area contributed by atoms with Gasteiger partial charge in [-0.1, -0.05) is 18.5 Å². The van der Waals surface area contributed by atoms with E-state index < -0.39 is 0 Å². The fourth-order valence-corrected chi connectivity index (χ4v) is 2.26. The first-order valence-corrected chi connectivity index (χ1v) is 7.08. The molecular formula is C13H24ClN3O. The molecule has 4 nitrogen and oxygen atoms in total. The highest BCUT2D eigenvalue weighted by atomic mass is 35.5. The van der Waals surface area contributed by atoms with Gasteiger partial charge in [0.2, 0.25) is 0 Å². The van der Waals surface area contributed by atoms with Crippen molar-refractivity contribution < 1.29 is 4.74 Å². The van der Waals surface area contributed by atoms with Crippen LogP contribution < -0.4 is 5.32 Å². The smallest absolute Gasteiger partial charge is 0.0863 e. The minimum atomic E-state index is 0.220. The molecule has 1 atom stereocenters. The molecule has 0 saturated heterocycles. The summed E-state index contributed by atoms with van der Waals surface area (Å²) in [6, 6.07) is 0. The second kappa shape index (κ2) is 7.77. The lowest BCUT2D eigenvalue weighted by molar-refractivity contribution is 0.0758. The van der Waals surface area contributed by atoms with Gasteiger partial charge >= 0.3 is 0 Å². The molecule has 0 spiro atoms. The molecule has 0 aromatic carbocycles. The second-order valence-electron chi connectivity index (χ2n) is 4.27. The molecule has 0 aliphatic heterocycles. The van der Waals surface area contributed by atoms with Gasteiger partial charge in [-0.2, -0.15) is 5.10 Å². The summed E-state index contributed by atoms with van der Waals surface area (Å²) in [5, 5.41) is 8.67. The van der Waals surface area contributed by atoms with Crippen molar-refractivity contribution in [3.05, 3.63) is 16.4 Å². The monoisotopic (exact) mass is 273 g/mol. The molecule has 0 radical (unpaired) electrons. The summed E-state index contributed by atoms with van der Waals surface area (Å²) in [4.78, 5) is 0. The molecule has 1 rings (SSSR count). The lowest BCUT2D eigenvalue weighted by Gasteiger charge is -2.13. The molecule has 0 amide bonds. The summed E-state index contributed by atoms with van der Waals surface area (Å²) in [5.41, 5.74) is 2.05. The van der Waals surface area contributed by atoms with Gasteiger partial charge in [-0.25, -0.2) is 0 Å². The van der Waals surface area contributed by atoms with Gasteiger partial charge in [0.25, 0.3) is 0 Å². The number of hydrogen-bond donors (Lipinski definition) is 1. The lowest BCUT2D eigenvalue weighted by Crippen LogP contribution is -2.27. The molecule has 1 aromatic rings. The van der Waals surface area contributed by atoms with Crippen molar-refractivity contribution in [1.29, 1.82) is 0 Å². The quantitative estimate of drug-likeness (QED) is 0.791. The second-order valence-corrected chi connectivity index (χ2v) is 4.65. The molecule has 1 aromatic heterocycles. The maximum Gasteiger partial charge on any atom is 0.0863 e. The molecular weight excluding hydrogens is 250 g/mol. The van der Waals surface area contributed by atoms with Crippen LogP contribution in [0.5, 0.6) is 0 Å². The first-order chi connectivity index (χ1) is 8.63. The van der Waals surface area contributed by atoms with E-state index in [0.29, 0.717) is 0 Å². The maximum absolute atomic E-state index is 6.33. The van der Waals surface area contributed by atoms with Crippen LogP contribution in [-0.4, -0.2) is 29.0 Å². The summed E-state index contributed by atoms with van der Waals surface area (Å²) in [7, 11) is 0. The Kier molecular flexibility index (Phi) is 6.68. The summed E-state index contributed by atoms with van der Waals surface area (Å²) in [6.45, 7) is 11.4. The van der Waals surface area contributed by atoms with Crippen LogP contribution >= 0.6 is 11.6 Å². The number of aromatic nitrogens is 2. The normalized spacial score (nSPS) is 12.9. The van der Waals surface area contributed by atoms with E-state index in [0.717, 1.165) is 49.1 Å². The Balaban J connectivity index is 2.58. The molecule has 0 saturated carbocycles. The van der Waals surface area contributed by atoms with Crippen molar-refractivity contribution >= 4 is 11.6 Å². The van der Waals surface area contributed by atoms with Gasteiger partial charge in [-0.3, -0.25) is 4.68 Å². The lowest BCUT2D eigenvalue weighted by atomic mass is 10.3. The van der Waals surface area contributed by atoms with E-state index >= 15 is 0 Å². The van der Waals surface area contributed by atoms with E-state index in [1.54, 1.807) is 0 Å². The van der Waals surface area contributed by atoms with Crippen LogP contribution in [-0.2, 0) is 24.2 Å². The number of nitrogens with zero attached hydrogens (tertiary/aromatic N) is 2. The van der Waals surface area contributed by atoms with Crippen molar-refractivity contribution in [2.45, 2.75) is 53.3 Å². The summed E-state index contributed by atoms with van der Waals surface area (Å²) in [5.74, 6) is 0.